The lowest BCUT2D eigenvalue weighted by molar-refractivity contribution is 0.413. The summed E-state index contributed by atoms with van der Waals surface area (Å²) in [5.41, 5.74) is 1.33. The number of aromatic nitrogens is 2. The number of ether oxygens (including phenoxy) is 1. The highest BCUT2D eigenvalue weighted by atomic mass is 35.5. The van der Waals surface area contributed by atoms with Gasteiger partial charge in [0.05, 0.1) is 12.8 Å². The van der Waals surface area contributed by atoms with Crippen LogP contribution in [0.5, 0.6) is 5.75 Å². The third-order valence-electron chi connectivity index (χ3n) is 2.61. The first-order valence-electron chi connectivity index (χ1n) is 5.62. The van der Waals surface area contributed by atoms with Crippen LogP contribution in [-0.2, 0) is 0 Å². The Hall–Kier alpha value is -1.88. The summed E-state index contributed by atoms with van der Waals surface area (Å²) in [4.78, 5) is 8.33. The molecular weight excluding hydrogens is 269 g/mol. The molecule has 0 aliphatic carbocycles. The molecule has 19 heavy (non-hydrogen) atoms. The van der Waals surface area contributed by atoms with Crippen molar-refractivity contribution in [3.63, 3.8) is 0 Å². The summed E-state index contributed by atoms with van der Waals surface area (Å²) in [5.74, 6) is 1.16. The maximum atomic E-state index is 13.1. The molecule has 0 saturated heterocycles. The van der Waals surface area contributed by atoms with Crippen molar-refractivity contribution in [2.45, 2.75) is 13.8 Å². The van der Waals surface area contributed by atoms with Gasteiger partial charge >= 0.3 is 0 Å². The average Bonchev–Trinajstić information content (AvgIpc) is 2.37. The van der Waals surface area contributed by atoms with Gasteiger partial charge in [-0.1, -0.05) is 11.6 Å². The summed E-state index contributed by atoms with van der Waals surface area (Å²) >= 11 is 6.00. The number of halogens is 2. The molecule has 0 spiro atoms. The van der Waals surface area contributed by atoms with Gasteiger partial charge in [0.1, 0.15) is 28.4 Å². The number of benzene rings is 1. The number of aryl methyl sites for hydroxylation is 1. The van der Waals surface area contributed by atoms with Gasteiger partial charge in [-0.25, -0.2) is 14.4 Å². The molecule has 4 nitrogen and oxygen atoms in total. The summed E-state index contributed by atoms with van der Waals surface area (Å²) in [6, 6.07) is 4.22. The molecule has 0 unspecified atom stereocenters. The van der Waals surface area contributed by atoms with Gasteiger partial charge in [-0.2, -0.15) is 0 Å². The standard InChI is InChI=1S/C13H13ClFN3O/c1-7-12(14)16-8(2)17-13(7)18-10-5-4-9(15)6-11(10)19-3/h4-6H,1-3H3,(H,16,17,18). The van der Waals surface area contributed by atoms with Crippen LogP contribution in [0.15, 0.2) is 18.2 Å². The molecule has 2 aromatic rings. The molecule has 6 heteroatoms. The zero-order valence-electron chi connectivity index (χ0n) is 10.8. The highest BCUT2D eigenvalue weighted by Gasteiger charge is 2.10. The van der Waals surface area contributed by atoms with Gasteiger partial charge in [0.2, 0.25) is 0 Å². The zero-order valence-corrected chi connectivity index (χ0v) is 11.5. The second-order valence-electron chi connectivity index (χ2n) is 4.00. The van der Waals surface area contributed by atoms with Crippen molar-refractivity contribution in [3.05, 3.63) is 40.6 Å². The van der Waals surface area contributed by atoms with Crippen LogP contribution in [-0.4, -0.2) is 17.1 Å². The summed E-state index contributed by atoms with van der Waals surface area (Å²) in [7, 11) is 1.48. The van der Waals surface area contributed by atoms with E-state index in [4.69, 9.17) is 16.3 Å². The van der Waals surface area contributed by atoms with E-state index in [0.29, 0.717) is 28.2 Å². The summed E-state index contributed by atoms with van der Waals surface area (Å²) in [6.07, 6.45) is 0. The van der Waals surface area contributed by atoms with Crippen molar-refractivity contribution in [3.8, 4) is 5.75 Å². The molecular formula is C13H13ClFN3O. The van der Waals surface area contributed by atoms with Crippen LogP contribution in [0.1, 0.15) is 11.4 Å². The van der Waals surface area contributed by atoms with Gasteiger partial charge in [0, 0.05) is 11.6 Å². The van der Waals surface area contributed by atoms with Gasteiger partial charge < -0.3 is 10.1 Å². The summed E-state index contributed by atoms with van der Waals surface area (Å²) in [5, 5.41) is 3.46. The van der Waals surface area contributed by atoms with Crippen LogP contribution < -0.4 is 10.1 Å². The molecule has 1 N–H and O–H groups in total. The van der Waals surface area contributed by atoms with Crippen molar-refractivity contribution >= 4 is 23.1 Å². The summed E-state index contributed by atoms with van der Waals surface area (Å²) < 4.78 is 18.2. The minimum absolute atomic E-state index is 0.365. The second-order valence-corrected chi connectivity index (χ2v) is 4.36. The Kier molecular flexibility index (Phi) is 3.85. The van der Waals surface area contributed by atoms with E-state index in [1.54, 1.807) is 19.9 Å². The molecule has 1 aromatic carbocycles. The first kappa shape index (κ1) is 13.5. The van der Waals surface area contributed by atoms with Crippen LogP contribution in [0.25, 0.3) is 0 Å². The fourth-order valence-corrected chi connectivity index (χ4v) is 1.82. The zero-order chi connectivity index (χ0) is 14.0. The molecule has 1 aromatic heterocycles. The molecule has 0 aliphatic heterocycles. The third-order valence-corrected chi connectivity index (χ3v) is 2.98. The van der Waals surface area contributed by atoms with E-state index < -0.39 is 0 Å². The fraction of sp³-hybridized carbons (Fsp3) is 0.231. The van der Waals surface area contributed by atoms with Gasteiger partial charge in [-0.3, -0.25) is 0 Å². The number of nitrogens with one attached hydrogen (secondary N) is 1. The number of rotatable bonds is 3. The van der Waals surface area contributed by atoms with Crippen LogP contribution in [0.4, 0.5) is 15.9 Å². The summed E-state index contributed by atoms with van der Waals surface area (Å²) in [6.45, 7) is 3.55. The third kappa shape index (κ3) is 2.93. The highest BCUT2D eigenvalue weighted by molar-refractivity contribution is 6.30. The van der Waals surface area contributed by atoms with Crippen LogP contribution in [0, 0.1) is 19.7 Å². The van der Waals surface area contributed by atoms with Gasteiger partial charge in [0.15, 0.2) is 0 Å². The van der Waals surface area contributed by atoms with Gasteiger partial charge in [-0.15, -0.1) is 0 Å². The Balaban J connectivity index is 2.41. The Bertz CT molecular complexity index is 619. The average molecular weight is 282 g/mol. The van der Waals surface area contributed by atoms with Crippen LogP contribution in [0.3, 0.4) is 0 Å². The van der Waals surface area contributed by atoms with E-state index >= 15 is 0 Å². The predicted octanol–water partition coefficient (Wildman–Crippen LogP) is 3.64. The SMILES string of the molecule is COc1cc(F)ccc1Nc1nc(C)nc(Cl)c1C. The first-order chi connectivity index (χ1) is 9.01. The molecule has 0 atom stereocenters. The van der Waals surface area contributed by atoms with E-state index in [9.17, 15) is 4.39 Å². The van der Waals surface area contributed by atoms with Crippen molar-refractivity contribution in [2.24, 2.45) is 0 Å². The lowest BCUT2D eigenvalue weighted by atomic mass is 10.2. The lowest BCUT2D eigenvalue weighted by Gasteiger charge is -2.13. The smallest absolute Gasteiger partial charge is 0.145 e. The molecule has 1 heterocycles. The van der Waals surface area contributed by atoms with Gasteiger partial charge in [-0.05, 0) is 26.0 Å². The normalized spacial score (nSPS) is 10.4. The maximum Gasteiger partial charge on any atom is 0.145 e. The molecule has 0 saturated carbocycles. The maximum absolute atomic E-state index is 13.1. The molecule has 0 fully saturated rings. The topological polar surface area (TPSA) is 47.0 Å². The Labute approximate surface area is 115 Å². The molecule has 2 rings (SSSR count). The lowest BCUT2D eigenvalue weighted by Crippen LogP contribution is -2.02. The van der Waals surface area contributed by atoms with Crippen molar-refractivity contribution in [2.75, 3.05) is 12.4 Å². The fourth-order valence-electron chi connectivity index (χ4n) is 1.61. The van der Waals surface area contributed by atoms with E-state index in [2.05, 4.69) is 15.3 Å². The predicted molar refractivity (Wildman–Crippen MR) is 72.8 cm³/mol. The van der Waals surface area contributed by atoms with E-state index in [-0.39, 0.29) is 5.82 Å². The molecule has 0 bridgehead atoms. The van der Waals surface area contributed by atoms with Crippen LogP contribution >= 0.6 is 11.6 Å². The minimum Gasteiger partial charge on any atom is -0.494 e. The number of anilines is 2. The number of hydrogen-bond acceptors (Lipinski definition) is 4. The minimum atomic E-state index is -0.365. The largest absolute Gasteiger partial charge is 0.494 e. The molecule has 0 aliphatic rings. The van der Waals surface area contributed by atoms with E-state index in [0.717, 1.165) is 5.56 Å². The first-order valence-corrected chi connectivity index (χ1v) is 6.00. The Morgan fingerprint density at radius 1 is 1.26 bits per heavy atom. The van der Waals surface area contributed by atoms with Crippen molar-refractivity contribution < 1.29 is 9.13 Å². The quantitative estimate of drug-likeness (QED) is 0.873. The Morgan fingerprint density at radius 3 is 2.68 bits per heavy atom. The van der Waals surface area contributed by atoms with Crippen LogP contribution in [0.2, 0.25) is 5.15 Å². The monoisotopic (exact) mass is 281 g/mol. The number of hydrogen-bond donors (Lipinski definition) is 1. The second kappa shape index (κ2) is 5.40. The highest BCUT2D eigenvalue weighted by Crippen LogP contribution is 2.30. The van der Waals surface area contributed by atoms with Crippen molar-refractivity contribution in [1.29, 1.82) is 0 Å². The number of methoxy groups -OCH3 is 1. The Morgan fingerprint density at radius 2 is 2.00 bits per heavy atom. The molecule has 100 valence electrons. The number of nitrogens with zero attached hydrogens (tertiary/aromatic N) is 2. The van der Waals surface area contributed by atoms with Crippen molar-refractivity contribution in [1.82, 2.24) is 9.97 Å². The van der Waals surface area contributed by atoms with E-state index in [1.165, 1.54) is 19.2 Å². The molecule has 0 amide bonds. The van der Waals surface area contributed by atoms with Gasteiger partial charge in [0.25, 0.3) is 0 Å². The van der Waals surface area contributed by atoms with E-state index in [1.807, 2.05) is 0 Å². The molecule has 0 radical (unpaired) electrons.